The Kier molecular flexibility index (Phi) is 4.89. The number of hydrazine groups is 1. The van der Waals surface area contributed by atoms with E-state index < -0.39 is 0 Å². The normalized spacial score (nSPS) is 21.6. The van der Waals surface area contributed by atoms with E-state index in [1.54, 1.807) is 7.11 Å². The summed E-state index contributed by atoms with van der Waals surface area (Å²) in [5.74, 6) is 3.56. The third-order valence-corrected chi connectivity index (χ3v) is 6.21. The van der Waals surface area contributed by atoms with Gasteiger partial charge < -0.3 is 25.3 Å². The monoisotopic (exact) mass is 395 g/mol. The van der Waals surface area contributed by atoms with Crippen LogP contribution in [0.3, 0.4) is 0 Å². The summed E-state index contributed by atoms with van der Waals surface area (Å²) in [6.07, 6.45) is 3.28. The van der Waals surface area contributed by atoms with E-state index in [-0.39, 0.29) is 6.04 Å². The van der Waals surface area contributed by atoms with E-state index in [1.807, 2.05) is 12.1 Å². The van der Waals surface area contributed by atoms with Gasteiger partial charge in [0.15, 0.2) is 5.82 Å². The maximum absolute atomic E-state index is 5.29. The molecule has 0 saturated carbocycles. The van der Waals surface area contributed by atoms with Crippen molar-refractivity contribution in [3.05, 3.63) is 35.4 Å². The molecule has 1 aromatic heterocycles. The summed E-state index contributed by atoms with van der Waals surface area (Å²) < 4.78 is 5.29. The molecule has 3 aliphatic heterocycles. The van der Waals surface area contributed by atoms with Gasteiger partial charge in [-0.05, 0) is 57.1 Å². The van der Waals surface area contributed by atoms with Gasteiger partial charge in [0, 0.05) is 19.1 Å². The largest absolute Gasteiger partial charge is 0.497 e. The molecule has 1 atom stereocenters. The molecule has 1 fully saturated rings. The minimum Gasteiger partial charge on any atom is -0.497 e. The number of nitrogens with one attached hydrogen (secondary N) is 3. The number of hydrogen-bond donors (Lipinski definition) is 3. The van der Waals surface area contributed by atoms with Gasteiger partial charge in [0.25, 0.3) is 0 Å². The molecule has 8 nitrogen and oxygen atoms in total. The van der Waals surface area contributed by atoms with Crippen LogP contribution in [0.1, 0.15) is 36.4 Å². The zero-order chi connectivity index (χ0) is 19.8. The van der Waals surface area contributed by atoms with Crippen molar-refractivity contribution >= 4 is 17.6 Å². The number of hydrogen-bond acceptors (Lipinski definition) is 8. The predicted molar refractivity (Wildman–Crippen MR) is 114 cm³/mol. The average molecular weight is 396 g/mol. The second-order valence-electron chi connectivity index (χ2n) is 8.24. The van der Waals surface area contributed by atoms with E-state index in [1.165, 1.54) is 11.1 Å². The molecular formula is C21H29N7O. The highest BCUT2D eigenvalue weighted by Crippen LogP contribution is 2.41. The number of ether oxygens (including phenoxy) is 1. The third kappa shape index (κ3) is 3.70. The molecule has 0 spiro atoms. The Hall–Kier alpha value is -2.58. The van der Waals surface area contributed by atoms with Gasteiger partial charge in [-0.1, -0.05) is 12.1 Å². The minimum absolute atomic E-state index is 0.282. The van der Waals surface area contributed by atoms with Gasteiger partial charge in [-0.3, -0.25) is 0 Å². The van der Waals surface area contributed by atoms with Crippen molar-refractivity contribution in [2.24, 2.45) is 0 Å². The Bertz CT molecular complexity index is 864. The number of piperidine rings is 1. The van der Waals surface area contributed by atoms with Crippen LogP contribution in [0.2, 0.25) is 0 Å². The molecule has 8 heteroatoms. The van der Waals surface area contributed by atoms with Crippen LogP contribution in [0, 0.1) is 0 Å². The molecule has 1 aromatic carbocycles. The number of nitrogens with zero attached hydrogens (tertiary/aromatic N) is 4. The molecule has 1 unspecified atom stereocenters. The Balaban J connectivity index is 1.39. The van der Waals surface area contributed by atoms with E-state index in [0.717, 1.165) is 68.8 Å². The van der Waals surface area contributed by atoms with Crippen LogP contribution in [-0.4, -0.2) is 54.7 Å². The number of aromatic nitrogens is 2. The summed E-state index contributed by atoms with van der Waals surface area (Å²) in [7, 11) is 3.88. The molecule has 5 rings (SSSR count). The molecule has 2 aromatic rings. The summed E-state index contributed by atoms with van der Waals surface area (Å²) in [6, 6.07) is 9.00. The van der Waals surface area contributed by atoms with Crippen molar-refractivity contribution in [3.63, 3.8) is 0 Å². The molecule has 154 valence electrons. The van der Waals surface area contributed by atoms with Gasteiger partial charge in [0.1, 0.15) is 11.6 Å². The highest BCUT2D eigenvalue weighted by Gasteiger charge is 2.35. The van der Waals surface area contributed by atoms with Gasteiger partial charge in [-0.25, -0.2) is 5.43 Å². The minimum atomic E-state index is 0.282. The summed E-state index contributed by atoms with van der Waals surface area (Å²) >= 11 is 0. The fraction of sp³-hybridized carbons (Fsp3) is 0.524. The van der Waals surface area contributed by atoms with Crippen LogP contribution in [0.25, 0.3) is 0 Å². The standard InChI is InChI=1S/C21H29N7O/c1-27-10-7-15(8-11-27)22-21-23-19-18-17(25-26-19)9-12-28(20(18)24-21)13-14-3-5-16(29-2)6-4-14/h3-6,15,17,25H,7-13H2,1-2H3,(H2,22,23,24,26). The Morgan fingerprint density at radius 1 is 1.10 bits per heavy atom. The van der Waals surface area contributed by atoms with Gasteiger partial charge in [-0.15, -0.1) is 0 Å². The zero-order valence-electron chi connectivity index (χ0n) is 17.1. The lowest BCUT2D eigenvalue weighted by atomic mass is 10.0. The van der Waals surface area contributed by atoms with Gasteiger partial charge >= 0.3 is 0 Å². The van der Waals surface area contributed by atoms with Gasteiger partial charge in [0.05, 0.1) is 18.7 Å². The number of rotatable bonds is 5. The molecule has 0 aliphatic carbocycles. The quantitative estimate of drug-likeness (QED) is 0.712. The second kappa shape index (κ2) is 7.68. The topological polar surface area (TPSA) is 77.6 Å². The number of methoxy groups -OCH3 is 1. The van der Waals surface area contributed by atoms with E-state index in [9.17, 15) is 0 Å². The van der Waals surface area contributed by atoms with E-state index in [2.05, 4.69) is 45.1 Å². The van der Waals surface area contributed by atoms with Crippen molar-refractivity contribution in [1.82, 2.24) is 20.3 Å². The predicted octanol–water partition coefficient (Wildman–Crippen LogP) is 2.37. The van der Waals surface area contributed by atoms with Crippen molar-refractivity contribution in [2.45, 2.75) is 37.9 Å². The Morgan fingerprint density at radius 3 is 2.66 bits per heavy atom. The third-order valence-electron chi connectivity index (χ3n) is 6.21. The van der Waals surface area contributed by atoms with Crippen LogP contribution in [-0.2, 0) is 6.54 Å². The molecule has 4 heterocycles. The Morgan fingerprint density at radius 2 is 1.90 bits per heavy atom. The Labute approximate surface area is 171 Å². The SMILES string of the molecule is COc1ccc(CN2CCC3NNc4nc(NC5CCN(C)CC5)nc2c43)cc1. The number of benzene rings is 1. The molecule has 29 heavy (non-hydrogen) atoms. The van der Waals surface area contributed by atoms with Crippen LogP contribution < -0.4 is 25.8 Å². The second-order valence-corrected chi connectivity index (χ2v) is 8.24. The molecule has 0 radical (unpaired) electrons. The fourth-order valence-electron chi connectivity index (χ4n) is 4.46. The average Bonchev–Trinajstić information content (AvgIpc) is 3.16. The van der Waals surface area contributed by atoms with Crippen molar-refractivity contribution in [1.29, 1.82) is 0 Å². The van der Waals surface area contributed by atoms with E-state index >= 15 is 0 Å². The maximum Gasteiger partial charge on any atom is 0.226 e. The summed E-state index contributed by atoms with van der Waals surface area (Å²) in [5, 5.41) is 3.58. The molecular weight excluding hydrogens is 366 g/mol. The highest BCUT2D eigenvalue weighted by molar-refractivity contribution is 5.67. The first-order chi connectivity index (χ1) is 14.2. The summed E-state index contributed by atoms with van der Waals surface area (Å²) in [4.78, 5) is 14.5. The van der Waals surface area contributed by atoms with Crippen LogP contribution in [0.4, 0.5) is 17.6 Å². The molecule has 3 aliphatic rings. The smallest absolute Gasteiger partial charge is 0.226 e. The number of anilines is 3. The summed E-state index contributed by atoms with van der Waals surface area (Å²) in [5.41, 5.74) is 9.09. The fourth-order valence-corrected chi connectivity index (χ4v) is 4.46. The maximum atomic E-state index is 5.29. The molecule has 3 N–H and O–H groups in total. The van der Waals surface area contributed by atoms with Crippen LogP contribution in [0.5, 0.6) is 5.75 Å². The first-order valence-corrected chi connectivity index (χ1v) is 10.5. The van der Waals surface area contributed by atoms with Crippen LogP contribution >= 0.6 is 0 Å². The lowest BCUT2D eigenvalue weighted by molar-refractivity contribution is 0.263. The molecule has 0 amide bonds. The summed E-state index contributed by atoms with van der Waals surface area (Å²) in [6.45, 7) is 4.01. The lowest BCUT2D eigenvalue weighted by Crippen LogP contribution is -2.37. The highest BCUT2D eigenvalue weighted by atomic mass is 16.5. The van der Waals surface area contributed by atoms with E-state index in [4.69, 9.17) is 14.7 Å². The van der Waals surface area contributed by atoms with Crippen molar-refractivity contribution in [3.8, 4) is 5.75 Å². The van der Waals surface area contributed by atoms with Gasteiger partial charge in [-0.2, -0.15) is 9.97 Å². The lowest BCUT2D eigenvalue weighted by Gasteiger charge is -2.33. The number of likely N-dealkylation sites (tertiary alicyclic amines) is 1. The molecule has 0 bridgehead atoms. The zero-order valence-corrected chi connectivity index (χ0v) is 17.1. The van der Waals surface area contributed by atoms with E-state index in [0.29, 0.717) is 6.04 Å². The first kappa shape index (κ1) is 18.4. The molecule has 1 saturated heterocycles. The van der Waals surface area contributed by atoms with Gasteiger partial charge in [0.2, 0.25) is 5.95 Å². The van der Waals surface area contributed by atoms with Crippen molar-refractivity contribution in [2.75, 3.05) is 49.4 Å². The first-order valence-electron chi connectivity index (χ1n) is 10.5. The van der Waals surface area contributed by atoms with Crippen molar-refractivity contribution < 1.29 is 4.74 Å². The van der Waals surface area contributed by atoms with Crippen LogP contribution in [0.15, 0.2) is 24.3 Å².